The van der Waals surface area contributed by atoms with Crippen LogP contribution in [0.2, 0.25) is 0 Å². The Morgan fingerprint density at radius 1 is 1.27 bits per heavy atom. The number of ether oxygens (including phenoxy) is 1. The summed E-state index contributed by atoms with van der Waals surface area (Å²) in [6.45, 7) is 1.90. The molecule has 0 bridgehead atoms. The minimum absolute atomic E-state index is 0.0519. The van der Waals surface area contributed by atoms with Crippen molar-refractivity contribution in [3.8, 4) is 5.75 Å². The van der Waals surface area contributed by atoms with E-state index in [1.165, 1.54) is 41.9 Å². The molecule has 2 aromatic rings. The van der Waals surface area contributed by atoms with E-state index in [2.05, 4.69) is 0 Å². The van der Waals surface area contributed by atoms with Gasteiger partial charge in [-0.05, 0) is 67.3 Å². The molecule has 10 heteroatoms. The van der Waals surface area contributed by atoms with Crippen molar-refractivity contribution < 1.29 is 32.7 Å². The first-order chi connectivity index (χ1) is 14.2. The van der Waals surface area contributed by atoms with Crippen molar-refractivity contribution in [2.45, 2.75) is 43.4 Å². The van der Waals surface area contributed by atoms with Crippen molar-refractivity contribution in [3.63, 3.8) is 0 Å². The highest BCUT2D eigenvalue weighted by atomic mass is 32.2. The number of aliphatic hydroxyl groups is 1. The Morgan fingerprint density at radius 3 is 2.63 bits per heavy atom. The molecule has 8 nitrogen and oxygen atoms in total. The smallest absolute Gasteiger partial charge is 0.261 e. The molecule has 0 radical (unpaired) electrons. The van der Waals surface area contributed by atoms with E-state index in [1.807, 2.05) is 6.92 Å². The highest BCUT2D eigenvalue weighted by Crippen LogP contribution is 2.27. The second-order valence-corrected chi connectivity index (χ2v) is 9.01. The predicted molar refractivity (Wildman–Crippen MR) is 105 cm³/mol. The summed E-state index contributed by atoms with van der Waals surface area (Å²) in [5, 5.41) is 18.7. The maximum Gasteiger partial charge on any atom is 0.261 e. The Balaban J connectivity index is 1.75. The van der Waals surface area contributed by atoms with E-state index in [9.17, 15) is 22.7 Å². The maximum atomic E-state index is 13.4. The molecule has 1 saturated heterocycles. The lowest BCUT2D eigenvalue weighted by molar-refractivity contribution is -0.135. The first-order valence-electron chi connectivity index (χ1n) is 9.34. The molecular formula is C20H23FN2O6S. The number of benzene rings is 2. The summed E-state index contributed by atoms with van der Waals surface area (Å²) in [5.41, 5.74) is 3.00. The second kappa shape index (κ2) is 9.09. The Labute approximate surface area is 173 Å². The Hall–Kier alpha value is -2.53. The molecule has 1 aliphatic heterocycles. The van der Waals surface area contributed by atoms with Crippen LogP contribution in [0.4, 0.5) is 4.39 Å². The predicted octanol–water partition coefficient (Wildman–Crippen LogP) is 1.73. The third-order valence-corrected chi connectivity index (χ3v) is 7.00. The van der Waals surface area contributed by atoms with Gasteiger partial charge in [-0.15, -0.1) is 0 Å². The number of nitrogens with one attached hydrogen (secondary N) is 1. The van der Waals surface area contributed by atoms with Crippen LogP contribution >= 0.6 is 0 Å². The number of hydrogen-bond donors (Lipinski definition) is 3. The van der Waals surface area contributed by atoms with Gasteiger partial charge in [0.1, 0.15) is 24.2 Å². The lowest BCUT2D eigenvalue weighted by Crippen LogP contribution is -2.54. The number of nitrogens with zero attached hydrogens (tertiary/aromatic N) is 1. The van der Waals surface area contributed by atoms with Gasteiger partial charge >= 0.3 is 0 Å². The van der Waals surface area contributed by atoms with Gasteiger partial charge in [-0.3, -0.25) is 10.0 Å². The molecule has 0 aromatic heterocycles. The van der Waals surface area contributed by atoms with Gasteiger partial charge in [-0.25, -0.2) is 18.3 Å². The molecule has 2 atom stereocenters. The number of carbonyl (C=O) groups excluding carboxylic acids is 1. The number of hydroxylamine groups is 1. The molecule has 2 unspecified atom stereocenters. The quantitative estimate of drug-likeness (QED) is 0.467. The van der Waals surface area contributed by atoms with Gasteiger partial charge in [0.2, 0.25) is 10.0 Å². The third-order valence-electron chi connectivity index (χ3n) is 5.07. The van der Waals surface area contributed by atoms with Crippen molar-refractivity contribution in [3.05, 3.63) is 59.4 Å². The van der Waals surface area contributed by atoms with Crippen LogP contribution in [0.1, 0.15) is 24.0 Å². The van der Waals surface area contributed by atoms with E-state index in [-0.39, 0.29) is 36.7 Å². The van der Waals surface area contributed by atoms with Gasteiger partial charge in [0.15, 0.2) is 0 Å². The van der Waals surface area contributed by atoms with Gasteiger partial charge in [-0.1, -0.05) is 6.07 Å². The van der Waals surface area contributed by atoms with Crippen LogP contribution in [0.5, 0.6) is 5.75 Å². The monoisotopic (exact) mass is 438 g/mol. The first-order valence-corrected chi connectivity index (χ1v) is 10.8. The molecular weight excluding hydrogens is 415 g/mol. The van der Waals surface area contributed by atoms with E-state index >= 15 is 0 Å². The number of aryl methyl sites for hydroxylation is 1. The first kappa shape index (κ1) is 22.2. The van der Waals surface area contributed by atoms with E-state index in [4.69, 9.17) is 9.94 Å². The normalized spacial score (nSPS) is 20.0. The third kappa shape index (κ3) is 4.78. The van der Waals surface area contributed by atoms with Gasteiger partial charge < -0.3 is 9.84 Å². The minimum atomic E-state index is -4.04. The van der Waals surface area contributed by atoms with Crippen molar-refractivity contribution in [2.24, 2.45) is 0 Å². The molecule has 162 valence electrons. The molecule has 1 aliphatic rings. The topological polar surface area (TPSA) is 116 Å². The van der Waals surface area contributed by atoms with Crippen molar-refractivity contribution in [1.82, 2.24) is 9.79 Å². The number of carbonyl (C=O) groups is 1. The summed E-state index contributed by atoms with van der Waals surface area (Å²) in [5.74, 6) is -0.868. The zero-order chi connectivity index (χ0) is 21.9. The summed E-state index contributed by atoms with van der Waals surface area (Å²) in [6.07, 6.45) is -0.761. The number of rotatable bonds is 6. The number of halogens is 1. The van der Waals surface area contributed by atoms with E-state index in [0.29, 0.717) is 11.3 Å². The average Bonchev–Trinajstić information content (AvgIpc) is 2.73. The fourth-order valence-corrected chi connectivity index (χ4v) is 4.94. The SMILES string of the molecule is Cc1ccc(F)cc1COc1ccc(S(=O)(=O)N2CCC(O)CC2C(=O)NO)cc1. The summed E-state index contributed by atoms with van der Waals surface area (Å²) in [4.78, 5) is 11.8. The minimum Gasteiger partial charge on any atom is -0.489 e. The number of amides is 1. The van der Waals surface area contributed by atoms with Crippen LogP contribution < -0.4 is 10.2 Å². The van der Waals surface area contributed by atoms with Crippen LogP contribution in [0.15, 0.2) is 47.4 Å². The van der Waals surface area contributed by atoms with E-state index in [1.54, 1.807) is 6.07 Å². The Morgan fingerprint density at radius 2 is 1.97 bits per heavy atom. The lowest BCUT2D eigenvalue weighted by atomic mass is 10.0. The van der Waals surface area contributed by atoms with Crippen molar-refractivity contribution >= 4 is 15.9 Å². The summed E-state index contributed by atoms with van der Waals surface area (Å²) < 4.78 is 46.0. The summed E-state index contributed by atoms with van der Waals surface area (Å²) in [7, 11) is -4.04. The molecule has 3 N–H and O–H groups in total. The van der Waals surface area contributed by atoms with Crippen molar-refractivity contribution in [2.75, 3.05) is 6.54 Å². The Bertz CT molecular complexity index is 1010. The number of aliphatic hydroxyl groups excluding tert-OH is 1. The van der Waals surface area contributed by atoms with Crippen LogP contribution in [0.25, 0.3) is 0 Å². The van der Waals surface area contributed by atoms with Crippen molar-refractivity contribution in [1.29, 1.82) is 0 Å². The van der Waals surface area contributed by atoms with E-state index < -0.39 is 28.1 Å². The van der Waals surface area contributed by atoms with E-state index in [0.717, 1.165) is 9.87 Å². The standard InChI is InChI=1S/C20H23FN2O6S/c1-13-2-3-15(21)10-14(13)12-29-17-4-6-18(7-5-17)30(27,28)23-9-8-16(24)11-19(23)20(25)22-26/h2-7,10,16,19,24,26H,8-9,11-12H2,1H3,(H,22,25). The fourth-order valence-electron chi connectivity index (χ4n) is 3.33. The molecule has 0 aliphatic carbocycles. The van der Waals surface area contributed by atoms with Gasteiger partial charge in [0.25, 0.3) is 5.91 Å². The molecule has 0 saturated carbocycles. The van der Waals surface area contributed by atoms with Gasteiger partial charge in [0.05, 0.1) is 11.0 Å². The Kier molecular flexibility index (Phi) is 6.71. The van der Waals surface area contributed by atoms with Crippen LogP contribution in [0.3, 0.4) is 0 Å². The summed E-state index contributed by atoms with van der Waals surface area (Å²) in [6, 6.07) is 8.83. The molecule has 1 heterocycles. The molecule has 0 spiro atoms. The van der Waals surface area contributed by atoms with Crippen LogP contribution in [-0.4, -0.2) is 47.6 Å². The highest BCUT2D eigenvalue weighted by Gasteiger charge is 2.40. The fraction of sp³-hybridized carbons (Fsp3) is 0.350. The highest BCUT2D eigenvalue weighted by molar-refractivity contribution is 7.89. The van der Waals surface area contributed by atoms with Crippen LogP contribution in [0, 0.1) is 12.7 Å². The second-order valence-electron chi connectivity index (χ2n) is 7.12. The molecule has 3 rings (SSSR count). The lowest BCUT2D eigenvalue weighted by Gasteiger charge is -2.35. The zero-order valence-corrected chi connectivity index (χ0v) is 17.1. The molecule has 1 amide bonds. The molecule has 1 fully saturated rings. The molecule has 2 aromatic carbocycles. The number of sulfonamides is 1. The summed E-state index contributed by atoms with van der Waals surface area (Å²) >= 11 is 0. The van der Waals surface area contributed by atoms with Gasteiger partial charge in [-0.2, -0.15) is 4.31 Å². The largest absolute Gasteiger partial charge is 0.489 e. The molecule has 30 heavy (non-hydrogen) atoms. The number of hydrogen-bond acceptors (Lipinski definition) is 6. The number of piperidine rings is 1. The van der Waals surface area contributed by atoms with Gasteiger partial charge in [0, 0.05) is 6.54 Å². The average molecular weight is 438 g/mol. The maximum absolute atomic E-state index is 13.4. The zero-order valence-electron chi connectivity index (χ0n) is 16.3. The van der Waals surface area contributed by atoms with Crippen LogP contribution in [-0.2, 0) is 21.4 Å².